The Morgan fingerprint density at radius 1 is 1.03 bits per heavy atom. The molecule has 0 unspecified atom stereocenters. The van der Waals surface area contributed by atoms with Crippen molar-refractivity contribution in [3.63, 3.8) is 0 Å². The average molecular weight is 417 g/mol. The first-order chi connectivity index (χ1) is 15.0. The summed E-state index contributed by atoms with van der Waals surface area (Å²) < 4.78 is 10.8. The molecule has 1 heterocycles. The van der Waals surface area contributed by atoms with Crippen LogP contribution in [0.3, 0.4) is 0 Å². The summed E-state index contributed by atoms with van der Waals surface area (Å²) in [6.45, 7) is 0.447. The van der Waals surface area contributed by atoms with Gasteiger partial charge in [-0.15, -0.1) is 0 Å². The first kappa shape index (κ1) is 19.0. The minimum atomic E-state index is -0.361. The topological polar surface area (TPSA) is 55.8 Å². The van der Waals surface area contributed by atoms with Gasteiger partial charge < -0.3 is 14.6 Å². The first-order valence-electron chi connectivity index (χ1n) is 11.4. The van der Waals surface area contributed by atoms with Gasteiger partial charge >= 0.3 is 5.97 Å². The summed E-state index contributed by atoms with van der Waals surface area (Å²) in [5.74, 6) is 3.30. The van der Waals surface area contributed by atoms with Crippen molar-refractivity contribution < 1.29 is 19.4 Å². The molecule has 5 aliphatic rings. The van der Waals surface area contributed by atoms with Crippen LogP contribution in [0.1, 0.15) is 65.6 Å². The molecule has 4 saturated carbocycles. The molecule has 0 aromatic heterocycles. The summed E-state index contributed by atoms with van der Waals surface area (Å²) in [4.78, 5) is 11.8. The predicted molar refractivity (Wildman–Crippen MR) is 119 cm³/mol. The molecule has 7 rings (SSSR count). The summed E-state index contributed by atoms with van der Waals surface area (Å²) in [5, 5.41) is 10.9. The van der Waals surface area contributed by atoms with Crippen molar-refractivity contribution >= 4 is 17.6 Å². The van der Waals surface area contributed by atoms with Gasteiger partial charge in [-0.05, 0) is 103 Å². The number of aromatic hydroxyl groups is 1. The van der Waals surface area contributed by atoms with Gasteiger partial charge in [-0.25, -0.2) is 4.79 Å². The fourth-order valence-corrected chi connectivity index (χ4v) is 7.18. The zero-order chi connectivity index (χ0) is 21.2. The lowest BCUT2D eigenvalue weighted by atomic mass is 9.48. The van der Waals surface area contributed by atoms with Crippen molar-refractivity contribution in [1.82, 2.24) is 0 Å². The van der Waals surface area contributed by atoms with Crippen LogP contribution < -0.4 is 4.74 Å². The van der Waals surface area contributed by atoms with Crippen molar-refractivity contribution in [2.45, 2.75) is 43.9 Å². The Morgan fingerprint density at radius 3 is 2.42 bits per heavy atom. The lowest BCUT2D eigenvalue weighted by molar-refractivity contribution is -0.00614. The Hall–Kier alpha value is -2.75. The Morgan fingerprint density at radius 2 is 1.74 bits per heavy atom. The van der Waals surface area contributed by atoms with Crippen molar-refractivity contribution in [1.29, 1.82) is 0 Å². The summed E-state index contributed by atoms with van der Waals surface area (Å²) in [6.07, 6.45) is 9.99. The van der Waals surface area contributed by atoms with Crippen molar-refractivity contribution in [3.05, 3.63) is 58.7 Å². The van der Waals surface area contributed by atoms with E-state index in [0.29, 0.717) is 23.7 Å². The number of phenols is 1. The Bertz CT molecular complexity index is 1060. The molecular formula is C27H28O4. The number of esters is 1. The van der Waals surface area contributed by atoms with Crippen LogP contribution in [0.25, 0.3) is 11.6 Å². The smallest absolute Gasteiger partial charge is 0.337 e. The molecule has 0 amide bonds. The molecule has 2 aromatic carbocycles. The maximum absolute atomic E-state index is 11.8. The van der Waals surface area contributed by atoms with E-state index in [2.05, 4.69) is 12.1 Å². The van der Waals surface area contributed by atoms with Gasteiger partial charge in [0.1, 0.15) is 18.1 Å². The summed E-state index contributed by atoms with van der Waals surface area (Å²) in [7, 11) is 1.38. The second-order valence-electron chi connectivity index (χ2n) is 10.1. The van der Waals surface area contributed by atoms with E-state index in [4.69, 9.17) is 9.47 Å². The molecule has 4 aliphatic carbocycles. The molecule has 31 heavy (non-hydrogen) atoms. The third-order valence-corrected chi connectivity index (χ3v) is 8.12. The summed E-state index contributed by atoms with van der Waals surface area (Å²) >= 11 is 0. The monoisotopic (exact) mass is 416 g/mol. The quantitative estimate of drug-likeness (QED) is 0.664. The number of hydrogen-bond acceptors (Lipinski definition) is 4. The van der Waals surface area contributed by atoms with Gasteiger partial charge in [0.2, 0.25) is 0 Å². The largest absolute Gasteiger partial charge is 0.508 e. The number of ether oxygens (including phenoxy) is 2. The number of methoxy groups -OCH3 is 1. The fraction of sp³-hybridized carbons (Fsp3) is 0.444. The lowest BCUT2D eigenvalue weighted by Crippen LogP contribution is -2.48. The average Bonchev–Trinajstić information content (AvgIpc) is 2.77. The molecule has 0 saturated heterocycles. The van der Waals surface area contributed by atoms with E-state index < -0.39 is 0 Å². The lowest BCUT2D eigenvalue weighted by Gasteiger charge is -2.57. The van der Waals surface area contributed by atoms with Crippen molar-refractivity contribution in [2.75, 3.05) is 13.7 Å². The van der Waals surface area contributed by atoms with Crippen LogP contribution in [0.5, 0.6) is 11.5 Å². The van der Waals surface area contributed by atoms with Crippen LogP contribution in [0.4, 0.5) is 0 Å². The minimum Gasteiger partial charge on any atom is -0.508 e. The molecular weight excluding hydrogens is 388 g/mol. The number of fused-ring (bicyclic) bond motifs is 1. The number of benzene rings is 2. The second-order valence-corrected chi connectivity index (χ2v) is 10.1. The van der Waals surface area contributed by atoms with Gasteiger partial charge in [0, 0.05) is 11.1 Å². The third-order valence-electron chi connectivity index (χ3n) is 8.12. The van der Waals surface area contributed by atoms with Crippen LogP contribution in [0, 0.1) is 17.8 Å². The van der Waals surface area contributed by atoms with E-state index in [1.807, 2.05) is 18.2 Å². The number of phenolic OH excluding ortho intramolecular Hbond substituents is 1. The zero-order valence-corrected chi connectivity index (χ0v) is 17.9. The van der Waals surface area contributed by atoms with Gasteiger partial charge in [0.25, 0.3) is 0 Å². The van der Waals surface area contributed by atoms with E-state index in [-0.39, 0.29) is 11.4 Å². The molecule has 4 heteroatoms. The van der Waals surface area contributed by atoms with E-state index in [1.54, 1.807) is 12.1 Å². The van der Waals surface area contributed by atoms with Crippen molar-refractivity contribution in [2.24, 2.45) is 17.8 Å². The standard InChI is InChI=1S/C27H28O4/c1-30-26(29)21-3-2-20-9-22(15-31-25(20)11-21)19-4-5-24(28)23(10-19)27-12-16-6-17(13-27)8-18(7-16)14-27/h2-5,9-11,16-18,28H,6-8,12-15H2,1H3. The van der Waals surface area contributed by atoms with Gasteiger partial charge in [0.05, 0.1) is 12.7 Å². The number of rotatable bonds is 3. The van der Waals surface area contributed by atoms with Gasteiger partial charge in [0.15, 0.2) is 0 Å². The number of carbonyl (C=O) groups excluding carboxylic acids is 1. The molecule has 4 nitrogen and oxygen atoms in total. The highest BCUT2D eigenvalue weighted by atomic mass is 16.5. The summed E-state index contributed by atoms with van der Waals surface area (Å²) in [6, 6.07) is 11.5. The van der Waals surface area contributed by atoms with Crippen molar-refractivity contribution in [3.8, 4) is 11.5 Å². The van der Waals surface area contributed by atoms with E-state index in [0.717, 1.165) is 40.0 Å². The van der Waals surface area contributed by atoms with Crippen LogP contribution in [-0.2, 0) is 10.2 Å². The normalized spacial score (nSPS) is 30.4. The van der Waals surface area contributed by atoms with Crippen LogP contribution in [-0.4, -0.2) is 24.8 Å². The van der Waals surface area contributed by atoms with Crippen LogP contribution >= 0.6 is 0 Å². The molecule has 2 aromatic rings. The molecule has 160 valence electrons. The molecule has 1 aliphatic heterocycles. The predicted octanol–water partition coefficient (Wildman–Crippen LogP) is 5.58. The molecule has 1 N–H and O–H groups in total. The molecule has 0 radical (unpaired) electrons. The maximum atomic E-state index is 11.8. The van der Waals surface area contributed by atoms with Crippen LogP contribution in [0.2, 0.25) is 0 Å². The molecule has 4 fully saturated rings. The van der Waals surface area contributed by atoms with Gasteiger partial charge in [-0.3, -0.25) is 0 Å². The molecule has 0 atom stereocenters. The molecule has 0 spiro atoms. The number of hydrogen-bond donors (Lipinski definition) is 1. The Balaban J connectivity index is 1.35. The van der Waals surface area contributed by atoms with Gasteiger partial charge in [-0.1, -0.05) is 12.1 Å². The zero-order valence-electron chi connectivity index (χ0n) is 17.9. The third kappa shape index (κ3) is 3.07. The highest BCUT2D eigenvalue weighted by molar-refractivity contribution is 5.92. The molecule has 4 bridgehead atoms. The van der Waals surface area contributed by atoms with Gasteiger partial charge in [-0.2, -0.15) is 0 Å². The van der Waals surface area contributed by atoms with E-state index >= 15 is 0 Å². The number of carbonyl (C=O) groups is 1. The Labute approximate surface area is 182 Å². The van der Waals surface area contributed by atoms with Crippen LogP contribution in [0.15, 0.2) is 36.4 Å². The fourth-order valence-electron chi connectivity index (χ4n) is 7.18. The maximum Gasteiger partial charge on any atom is 0.337 e. The first-order valence-corrected chi connectivity index (χ1v) is 11.4. The highest BCUT2D eigenvalue weighted by Gasteiger charge is 2.52. The Kier molecular flexibility index (Phi) is 4.21. The highest BCUT2D eigenvalue weighted by Crippen LogP contribution is 2.62. The minimum absolute atomic E-state index is 0.151. The summed E-state index contributed by atoms with van der Waals surface area (Å²) in [5.41, 5.74) is 4.97. The van der Waals surface area contributed by atoms with E-state index in [1.165, 1.54) is 45.6 Å². The second kappa shape index (κ2) is 6.88. The van der Waals surface area contributed by atoms with E-state index in [9.17, 15) is 9.90 Å². The SMILES string of the molecule is COC(=O)c1ccc2c(c1)OCC(c1ccc(O)c(C34CC5CC(CC(C5)C3)C4)c1)=C2.